The number of unbranched alkanes of at least 4 members (excludes halogenated alkanes) is 5. The van der Waals surface area contributed by atoms with Crippen molar-refractivity contribution in [2.75, 3.05) is 32.9 Å². The number of amides is 2. The molecule has 2 amide bonds. The summed E-state index contributed by atoms with van der Waals surface area (Å²) >= 11 is 0. The SMILES string of the molecule is CC(C)(C)C(=O)C(C)(C)C.CC(C)(C)C(=O)CCC(N)C(=O)C(C)(C)C.CC(C)(C)C(=O)OC(=O)C(C)(C)C.CC(C)(C)CCCOC(C)(C)C.CC(C)(C)OCCCNC(=O)C(C)(C)C.CC(C)C(=O)CCCCCCCC(=O)C(C)C.CC(C)C(=O)NCCOC(=O)C(C)C.CC(C)CC(=O)C(C)C.CC(C)CC(=O)OC(C)C.CC(C)CC(C)C.CC(C)CCCCC(C)C.CC(OC(=O)C(C)C)OC(=O)C(C)(C)C. The van der Waals surface area contributed by atoms with Crippen molar-refractivity contribution in [3.8, 4) is 0 Å². The zero-order valence-corrected chi connectivity index (χ0v) is 108. The quantitative estimate of drug-likeness (QED) is 0.0168. The van der Waals surface area contributed by atoms with Gasteiger partial charge in [0.15, 0.2) is 5.78 Å². The lowest BCUT2D eigenvalue weighted by molar-refractivity contribution is -0.192. The van der Waals surface area contributed by atoms with Crippen molar-refractivity contribution in [2.24, 2.45) is 125 Å². The van der Waals surface area contributed by atoms with Crippen LogP contribution in [0, 0.1) is 120 Å². The monoisotopic (exact) mass is 2110 g/mol. The molecule has 0 radical (unpaired) electrons. The van der Waals surface area contributed by atoms with E-state index in [0.717, 1.165) is 88.1 Å². The minimum atomic E-state index is -0.827. The Hall–Kier alpha value is -6.14. The van der Waals surface area contributed by atoms with Gasteiger partial charge in [-0.15, -0.1) is 0 Å². The van der Waals surface area contributed by atoms with Crippen LogP contribution in [0.4, 0.5) is 0 Å². The highest BCUT2D eigenvalue weighted by Gasteiger charge is 2.35. The van der Waals surface area contributed by atoms with Gasteiger partial charge in [-0.2, -0.15) is 0 Å². The molecule has 24 nitrogen and oxygen atoms in total. The minimum absolute atomic E-state index is 0.0197. The Morgan fingerprint density at radius 3 is 0.905 bits per heavy atom. The summed E-state index contributed by atoms with van der Waals surface area (Å²) in [5, 5.41) is 5.55. The lowest BCUT2D eigenvalue weighted by atomic mass is 9.76. The Balaban J connectivity index is -0.000000137. The molecule has 0 bridgehead atoms. The zero-order valence-electron chi connectivity index (χ0n) is 108. The average molecular weight is 2120 g/mol. The van der Waals surface area contributed by atoms with Crippen molar-refractivity contribution in [1.82, 2.24) is 10.6 Å². The van der Waals surface area contributed by atoms with Gasteiger partial charge in [-0.3, -0.25) is 67.1 Å². The molecule has 0 saturated heterocycles. The highest BCUT2D eigenvalue weighted by atomic mass is 16.7. The van der Waals surface area contributed by atoms with Gasteiger partial charge in [0.2, 0.25) is 18.1 Å². The van der Waals surface area contributed by atoms with E-state index in [-0.39, 0.29) is 128 Å². The van der Waals surface area contributed by atoms with Gasteiger partial charge in [0.1, 0.15) is 35.5 Å². The van der Waals surface area contributed by atoms with Crippen LogP contribution in [0.25, 0.3) is 0 Å². The first-order valence-electron chi connectivity index (χ1n) is 56.2. The maximum Gasteiger partial charge on any atom is 0.318 e. The number of ketones is 6. The highest BCUT2D eigenvalue weighted by Crippen LogP contribution is 2.30. The summed E-state index contributed by atoms with van der Waals surface area (Å²) in [7, 11) is 0. The molecular formula is C124H247N3O21. The van der Waals surface area contributed by atoms with E-state index < -0.39 is 45.9 Å². The summed E-state index contributed by atoms with van der Waals surface area (Å²) in [4.78, 5) is 158. The largest absolute Gasteiger partial charge is 0.464 e. The topological polar surface area (TPSA) is 354 Å². The van der Waals surface area contributed by atoms with Crippen molar-refractivity contribution < 1.29 is 100 Å². The number of hydrogen-bond acceptors (Lipinski definition) is 22. The van der Waals surface area contributed by atoms with Gasteiger partial charge in [0.25, 0.3) is 0 Å². The van der Waals surface area contributed by atoms with Crippen molar-refractivity contribution >= 4 is 82.3 Å². The second-order valence-corrected chi connectivity index (χ2v) is 55.4. The fraction of sp³-hybridized carbons (Fsp3) is 0.887. The van der Waals surface area contributed by atoms with Crippen LogP contribution in [-0.2, 0) is 100 Å². The van der Waals surface area contributed by atoms with Crippen molar-refractivity contribution in [2.45, 2.75) is 567 Å². The molecule has 884 valence electrons. The predicted molar refractivity (Wildman–Crippen MR) is 621 cm³/mol. The van der Waals surface area contributed by atoms with Crippen LogP contribution in [-0.4, -0.2) is 145 Å². The van der Waals surface area contributed by atoms with Crippen LogP contribution in [0.15, 0.2) is 0 Å². The van der Waals surface area contributed by atoms with E-state index in [1.807, 2.05) is 208 Å². The molecule has 2 unspecified atom stereocenters. The number of esters is 6. The van der Waals surface area contributed by atoms with Gasteiger partial charge in [0.05, 0.1) is 58.0 Å². The Morgan fingerprint density at radius 1 is 0.291 bits per heavy atom. The Labute approximate surface area is 913 Å². The molecule has 24 heteroatoms. The molecule has 0 aliphatic rings. The predicted octanol–water partition coefficient (Wildman–Crippen LogP) is 31.1. The molecule has 0 saturated carbocycles. The summed E-state index contributed by atoms with van der Waals surface area (Å²) in [5.41, 5.74) is 2.88. The van der Waals surface area contributed by atoms with Gasteiger partial charge in [-0.25, -0.2) is 0 Å². The second kappa shape index (κ2) is 85.2. The summed E-state index contributed by atoms with van der Waals surface area (Å²) in [6, 6.07) is -0.522. The molecule has 0 aliphatic heterocycles. The number of rotatable bonds is 42. The summed E-state index contributed by atoms with van der Waals surface area (Å²) in [5.74, 6) is 4.32. The molecule has 0 fully saturated rings. The fourth-order valence-corrected chi connectivity index (χ4v) is 11.1. The Morgan fingerprint density at radius 2 is 0.649 bits per heavy atom. The number of carbonyl (C=O) groups excluding carboxylic acids is 14. The van der Waals surface area contributed by atoms with Crippen LogP contribution >= 0.6 is 0 Å². The van der Waals surface area contributed by atoms with Crippen LogP contribution in [0.1, 0.15) is 537 Å². The van der Waals surface area contributed by atoms with Crippen LogP contribution in [0.5, 0.6) is 0 Å². The van der Waals surface area contributed by atoms with Crippen molar-refractivity contribution in [3.05, 3.63) is 0 Å². The molecule has 0 aromatic rings. The summed E-state index contributed by atoms with van der Waals surface area (Å²) in [6.45, 7) is 120. The molecule has 148 heavy (non-hydrogen) atoms. The summed E-state index contributed by atoms with van der Waals surface area (Å²) < 4.78 is 35.5. The number of hydrogen-bond donors (Lipinski definition) is 3. The standard InChI is InChI=1S/C15H28O2.C13H25NO2.C12H25NO2.C11H20O4.C11H24O.C10H19NO3.C10H18O3.C10H22.C9H18O.C8H16O2.C8H16O.C7H16/c1-12(2)14(16)10-8-6-5-7-9-11-15(17)13(3)4;1-12(2,3)10(15)8-7-9(14)11(16)13(4,5)6;1-11(2,3)10(14)13-8-7-9-15-12(4,5)6;1-7(2)9(12)14-8(3)15-10(13)11(4,5)6;1-10(2,3)8-7-9-12-11(4,5)6;1-7(2)9(12)11-5-6-14-10(13)8(3)4;1-9(2,3)7(11)13-8(12)10(4,5)6;1-9(2)7-5-6-8-10(3)4;1-8(2,3)7(10)9(4,5)6;1-6(2)5-8(9)10-7(3)4;1-6(2)5-8(9)7(3)4;1-6(2)5-7(3)4/h12-13H,5-11H2,1-4H3;9H,7-8,14H2,1-6H3;7-9H2,1-6H3,(H,13,14);7-8H,1-6H3;7-9H2,1-6H3;7-8H,5-6H2,1-4H3,(H,11,12);1-6H3;9-10H,5-8H2,1-4H3;1-6H3;6-7H,5H2,1-4H3;6-7H,5H2,1-4H3;6-7H,5H2,1-4H3. The molecule has 0 aromatic heterocycles. The Kier molecular flexibility index (Phi) is 96.1. The molecule has 0 spiro atoms. The third-order valence-corrected chi connectivity index (χ3v) is 20.2. The number of nitrogens with one attached hydrogen (secondary N) is 2. The number of nitrogens with two attached hydrogens (primary N) is 1. The first kappa shape index (κ1) is 167. The van der Waals surface area contributed by atoms with Gasteiger partial charge < -0.3 is 49.5 Å². The second-order valence-electron chi connectivity index (χ2n) is 55.4. The van der Waals surface area contributed by atoms with Gasteiger partial charge in [0, 0.05) is 110 Å². The number of Topliss-reactive ketones (excluding diaryl/α,β-unsaturated/α-hetero) is 6. The third kappa shape index (κ3) is 129. The number of ether oxygens (including phenoxy) is 7. The van der Waals surface area contributed by atoms with Crippen LogP contribution in [0.2, 0.25) is 0 Å². The van der Waals surface area contributed by atoms with Gasteiger partial charge in [-0.1, -0.05) is 336 Å². The van der Waals surface area contributed by atoms with E-state index in [0.29, 0.717) is 79.3 Å². The summed E-state index contributed by atoms with van der Waals surface area (Å²) in [6.07, 6.45) is 18.4. The molecular weight excluding hydrogens is 1870 g/mol. The van der Waals surface area contributed by atoms with E-state index in [1.54, 1.807) is 90.0 Å². The zero-order chi connectivity index (χ0) is 121. The van der Waals surface area contributed by atoms with Gasteiger partial charge >= 0.3 is 35.8 Å². The van der Waals surface area contributed by atoms with Crippen molar-refractivity contribution in [3.63, 3.8) is 0 Å². The highest BCUT2D eigenvalue weighted by molar-refractivity contribution is 5.91. The first-order chi connectivity index (χ1) is 65.8. The van der Waals surface area contributed by atoms with Crippen LogP contribution < -0.4 is 16.4 Å². The van der Waals surface area contributed by atoms with Gasteiger partial charge in [-0.05, 0) is 204 Å². The Bertz CT molecular complexity index is 3360. The molecule has 2 atom stereocenters. The molecule has 0 heterocycles. The van der Waals surface area contributed by atoms with E-state index in [2.05, 4.69) is 121 Å². The normalized spacial score (nSPS) is 12.3. The van der Waals surface area contributed by atoms with E-state index in [1.165, 1.54) is 51.9 Å². The molecule has 4 N–H and O–H groups in total. The lowest BCUT2D eigenvalue weighted by Crippen LogP contribution is -2.39. The fourth-order valence-electron chi connectivity index (χ4n) is 11.1. The molecule has 0 rings (SSSR count). The van der Waals surface area contributed by atoms with E-state index >= 15 is 0 Å². The lowest BCUT2D eigenvalue weighted by Gasteiger charge is -2.26. The minimum Gasteiger partial charge on any atom is -0.464 e. The molecule has 0 aliphatic carbocycles. The maximum absolute atomic E-state index is 11.8. The smallest absolute Gasteiger partial charge is 0.318 e. The number of carbonyl (C=O) groups is 14. The molecule has 0 aromatic carbocycles. The maximum atomic E-state index is 11.8. The average Bonchev–Trinajstić information content (AvgIpc) is 0.808. The van der Waals surface area contributed by atoms with E-state index in [9.17, 15) is 67.1 Å². The van der Waals surface area contributed by atoms with Crippen molar-refractivity contribution in [1.29, 1.82) is 0 Å². The first-order valence-corrected chi connectivity index (χ1v) is 56.2. The third-order valence-electron chi connectivity index (χ3n) is 20.2. The van der Waals surface area contributed by atoms with E-state index in [4.69, 9.17) is 38.9 Å². The van der Waals surface area contributed by atoms with Crippen LogP contribution in [0.3, 0.4) is 0 Å².